The maximum Gasteiger partial charge on any atom is 0.204 e. The van der Waals surface area contributed by atoms with Gasteiger partial charge in [-0.15, -0.1) is 65.9 Å². The van der Waals surface area contributed by atoms with Crippen molar-refractivity contribution in [3.63, 3.8) is 0 Å². The van der Waals surface area contributed by atoms with Gasteiger partial charge in [-0.05, 0) is 174 Å². The summed E-state index contributed by atoms with van der Waals surface area (Å²) in [6, 6.07) is 6.89. The molecule has 5 saturated heterocycles. The topological polar surface area (TPSA) is 557 Å². The van der Waals surface area contributed by atoms with E-state index in [-0.39, 0.29) is 11.8 Å². The van der Waals surface area contributed by atoms with Crippen LogP contribution in [0.15, 0.2) is 72.0 Å². The highest BCUT2D eigenvalue weighted by molar-refractivity contribution is 7.99. The van der Waals surface area contributed by atoms with Crippen LogP contribution in [-0.2, 0) is 23.7 Å². The van der Waals surface area contributed by atoms with Crippen LogP contribution in [0.2, 0.25) is 0 Å². The Balaban J connectivity index is 0.000000156. The quantitative estimate of drug-likeness (QED) is 0.0117. The SMILES string of the molecule is C=P(C)(C)CC[C@H]1O[C@@H](n2c(N)nc3c(N)ccnc32)[C@H](O)[C@@H]1O.C=P(C)(C)CC[C@H]1O[C@@H](n2c(SCCCC)nc3c(N)ccnc32)[C@H](O)[C@@H]1O.C=P(C)(C)CC[C@H]1O[C@@H](n2c(SCCCCC)nc3c(N)ccnc32)[C@H](O)[C@@H]1O.C=P(C)(C)CC[C@H]1O[C@@H](n2cnc3c(N)nc(C)nc32)[C@H](O)[C@@H]1O.C=P(C)(C)CC[C@H]1O[C@@H](n2cnc3c(NC)ccnc32)[C@H](O)[C@@H]1O. The number of aryl methyl sites for hydroxylation is 1. The van der Waals surface area contributed by atoms with E-state index in [2.05, 4.69) is 172 Å². The number of unbranched alkanes of at least 4 members (excludes halogenated alkanes) is 3. The third kappa shape index (κ3) is 25.1. The molecule has 0 saturated carbocycles. The standard InChI is InChI=1S/C20H33N4O3PS.C19H31N4O3PS.C16H25N4O3P.2C15H24N5O3P/c1-5-6-7-12-29-20-23-15-13(21)8-10-22-18(15)24(20)19-17(26)16(25)14(27-19)9-11-28(2,3)4;1-5-6-11-28-19-22-14-12(20)7-9-21-17(14)23(19)18-16(25)15(24)13(26-18)8-10-27(2,3)4;1-17-10-5-7-18-15-12(10)19-9-20(15)16-14(22)13(21)11(23-16)6-8-24(2,3)4;1-8-18-13(16)10-14(19-8)20(7-17-10)15-12(22)11(21)9(23-15)5-6-24(2,3)4;1-24(2,3)7-5-9-11(21)12(22)14(23-9)20-13-10(19-15(20)17)8(16)4-6-18-13/h8,10,14,16-17,19,25-26H,2,5-7,9,11-12H2,1,3-4H3,(H2,21,22);7,9,13,15-16,18,24-25H,2,5-6,8,10-11H2,1,3-4H3,(H2,20,21);5,7,9,11,13-14,16,21-22H,2,6,8H2,1,3-4H3,(H,17,18);7,9,11-12,15,21-22H,2,5-6H2,1,3-4H3,(H2,16,18,19);4,6,9,11-12,14,21-22H,1,5,7H2,2-3H3,(H2,16,18)(H2,17,19)/t14-,16-,17-,19-;13-,15-,16-,18-;11-,13-,14-,16-;9-,11-,12-,15-;9-,11-,12-,14-/m11111/s1. The first-order valence-corrected chi connectivity index (χ1v) is 60.7. The van der Waals surface area contributed by atoms with Crippen molar-refractivity contribution in [2.24, 2.45) is 0 Å². The van der Waals surface area contributed by atoms with E-state index < -0.39 is 157 Å². The molecule has 5 fully saturated rings. The fourth-order valence-electron chi connectivity index (χ4n) is 15.6. The first-order valence-electron chi connectivity index (χ1n) is 43.4. The molecule has 0 unspecified atom stereocenters. The van der Waals surface area contributed by atoms with Gasteiger partial charge in [-0.2, -0.15) is 0 Å². The minimum atomic E-state index is -1.25. The summed E-state index contributed by atoms with van der Waals surface area (Å²) in [5.74, 6) is 2.73. The maximum absolute atomic E-state index is 10.8. The summed E-state index contributed by atoms with van der Waals surface area (Å²) < 4.78 is 38.5. The smallest absolute Gasteiger partial charge is 0.204 e. The van der Waals surface area contributed by atoms with E-state index in [9.17, 15) is 51.1 Å². The van der Waals surface area contributed by atoms with Crippen LogP contribution < -0.4 is 34.0 Å². The third-order valence-electron chi connectivity index (χ3n) is 22.9. The second-order valence-corrected chi connectivity index (χ2v) is 60.9. The monoisotopic (exact) mass is 1920 g/mol. The molecule has 15 heterocycles. The molecule has 0 radical (unpaired) electrons. The van der Waals surface area contributed by atoms with Crippen molar-refractivity contribution in [2.45, 2.75) is 218 Å². The zero-order valence-corrected chi connectivity index (χ0v) is 82.6. The lowest BCUT2D eigenvalue weighted by Gasteiger charge is -2.20. The van der Waals surface area contributed by atoms with Crippen molar-refractivity contribution >= 4 is 180 Å². The van der Waals surface area contributed by atoms with Crippen molar-refractivity contribution in [2.75, 3.05) is 150 Å². The molecule has 20 atom stereocenters. The van der Waals surface area contributed by atoms with Crippen molar-refractivity contribution in [1.82, 2.24) is 77.7 Å². The number of aliphatic hydroxyl groups is 10. The minimum Gasteiger partial charge on any atom is -0.397 e. The lowest BCUT2D eigenvalue weighted by molar-refractivity contribution is -0.0400. The van der Waals surface area contributed by atoms with Crippen LogP contribution in [0.3, 0.4) is 0 Å². The largest absolute Gasteiger partial charge is 0.397 e. The van der Waals surface area contributed by atoms with Gasteiger partial charge in [0.1, 0.15) is 94.4 Å². The van der Waals surface area contributed by atoms with E-state index in [1.165, 1.54) is 10.9 Å². The summed E-state index contributed by atoms with van der Waals surface area (Å²) in [5, 5.41) is 110. The average Bonchev–Trinajstić information content (AvgIpc) is 1.56. The number of aliphatic hydroxyl groups excluding tert-OH is 10. The highest BCUT2D eigenvalue weighted by Gasteiger charge is 2.50. The molecule has 44 heteroatoms. The van der Waals surface area contributed by atoms with Gasteiger partial charge in [-0.3, -0.25) is 22.8 Å². The number of pyridine rings is 4. The van der Waals surface area contributed by atoms with Crippen molar-refractivity contribution in [3.05, 3.63) is 67.5 Å². The summed E-state index contributed by atoms with van der Waals surface area (Å²) in [6.07, 6.45) is 27.7. The number of nitrogen functional groups attached to an aromatic ring is 5. The Labute approximate surface area is 763 Å². The number of aromatic nitrogens is 16. The van der Waals surface area contributed by atoms with E-state index in [1.54, 1.807) is 98.0 Å². The van der Waals surface area contributed by atoms with Gasteiger partial charge in [0.2, 0.25) is 5.95 Å². The molecular weight excluding hydrogens is 1790 g/mol. The summed E-state index contributed by atoms with van der Waals surface area (Å²) in [7, 11) is 1.82. The molecule has 37 nitrogen and oxygen atoms in total. The number of hydrogen-bond donors (Lipinski definition) is 16. The van der Waals surface area contributed by atoms with Crippen LogP contribution in [0.4, 0.5) is 34.5 Å². The zero-order chi connectivity index (χ0) is 94.4. The number of fused-ring (bicyclic) bond motifs is 5. The summed E-state index contributed by atoms with van der Waals surface area (Å²) in [6.45, 7) is 21.3. The molecule has 0 bridgehead atoms. The number of rotatable bonds is 30. The lowest BCUT2D eigenvalue weighted by atomic mass is 10.1. The van der Waals surface area contributed by atoms with Gasteiger partial charge in [0.25, 0.3) is 0 Å². The van der Waals surface area contributed by atoms with Crippen molar-refractivity contribution < 1.29 is 74.7 Å². The van der Waals surface area contributed by atoms with Gasteiger partial charge in [0, 0.05) is 43.3 Å². The Morgan fingerprint density at radius 2 is 0.690 bits per heavy atom. The maximum atomic E-state index is 10.8. The van der Waals surface area contributed by atoms with E-state index in [0.717, 1.165) is 80.1 Å². The number of anilines is 6. The van der Waals surface area contributed by atoms with Gasteiger partial charge < -0.3 is 109 Å². The Hall–Kier alpha value is -6.57. The predicted molar refractivity (Wildman–Crippen MR) is 534 cm³/mol. The molecule has 0 spiro atoms. The van der Waals surface area contributed by atoms with E-state index >= 15 is 0 Å². The van der Waals surface area contributed by atoms with Gasteiger partial charge in [0.15, 0.2) is 75.5 Å². The lowest BCUT2D eigenvalue weighted by Crippen LogP contribution is -2.32. The number of nitrogens with zero attached hydrogens (tertiary/aromatic N) is 16. The van der Waals surface area contributed by atoms with Crippen molar-refractivity contribution in [3.8, 4) is 0 Å². The fraction of sp³-hybridized carbons (Fsp3) is 0.600. The minimum absolute atomic E-state index is 0.136. The highest BCUT2D eigenvalue weighted by Crippen LogP contribution is 2.48. The number of ether oxygens (including phenoxy) is 5. The van der Waals surface area contributed by atoms with Crippen LogP contribution in [-0.4, -0.2) is 368 Å². The molecule has 0 amide bonds. The molecule has 0 aliphatic carbocycles. The zero-order valence-electron chi connectivity index (χ0n) is 76.5. The Morgan fingerprint density at radius 3 is 1.06 bits per heavy atom. The van der Waals surface area contributed by atoms with Gasteiger partial charge in [0.05, 0.1) is 65.9 Å². The van der Waals surface area contributed by atoms with Gasteiger partial charge in [-0.1, -0.05) is 56.6 Å². The molecule has 21 N–H and O–H groups in total. The first kappa shape index (κ1) is 103. The fourth-order valence-corrected chi connectivity index (χ4v) is 22.5. The molecule has 714 valence electrons. The molecule has 5 aliphatic rings. The summed E-state index contributed by atoms with van der Waals surface area (Å²) >= 11 is 3.20. The highest BCUT2D eigenvalue weighted by atomic mass is 32.2. The van der Waals surface area contributed by atoms with Crippen LogP contribution in [0.1, 0.15) is 115 Å². The second kappa shape index (κ2) is 43.4. The number of imidazole rings is 5. The van der Waals surface area contributed by atoms with Crippen LogP contribution >= 0.6 is 58.0 Å². The molecule has 15 rings (SSSR count). The number of thioether (sulfide) groups is 2. The number of hydrogen-bond acceptors (Lipinski definition) is 34. The van der Waals surface area contributed by atoms with Crippen molar-refractivity contribution in [1.29, 1.82) is 0 Å². The average molecular weight is 1930 g/mol. The Morgan fingerprint density at radius 1 is 0.372 bits per heavy atom. The third-order valence-corrected chi connectivity index (χ3v) is 32.3. The second-order valence-electron chi connectivity index (χ2n) is 37.2. The molecular formula is C85H137N22O15P5S2. The number of nitrogens with two attached hydrogens (primary N) is 5. The molecule has 5 aliphatic heterocycles. The predicted octanol–water partition coefficient (Wildman–Crippen LogP) is 7.58. The first-order chi connectivity index (χ1) is 60.6. The summed E-state index contributed by atoms with van der Waals surface area (Å²) in [5.41, 5.74) is 37.8. The Bertz CT molecular complexity index is 5720. The van der Waals surface area contributed by atoms with Gasteiger partial charge >= 0.3 is 0 Å². The normalized spacial score (nSPS) is 26.7. The van der Waals surface area contributed by atoms with E-state index in [4.69, 9.17) is 52.4 Å². The molecule has 0 aromatic carbocycles. The molecule has 10 aromatic heterocycles. The van der Waals surface area contributed by atoms with Crippen LogP contribution in [0.25, 0.3) is 55.8 Å². The van der Waals surface area contributed by atoms with E-state index in [1.807, 2.05) is 13.1 Å². The summed E-state index contributed by atoms with van der Waals surface area (Å²) in [4.78, 5) is 48.0. The Kier molecular flexibility index (Phi) is 34.6. The van der Waals surface area contributed by atoms with Crippen LogP contribution in [0, 0.1) is 6.92 Å². The van der Waals surface area contributed by atoms with Gasteiger partial charge in [-0.25, -0.2) is 54.8 Å². The molecule has 10 aromatic rings. The number of nitrogens with one attached hydrogen (secondary N) is 1. The molecule has 129 heavy (non-hydrogen) atoms. The van der Waals surface area contributed by atoms with E-state index in [0.29, 0.717) is 121 Å². The van der Waals surface area contributed by atoms with Crippen LogP contribution in [0.5, 0.6) is 0 Å².